The number of rotatable bonds is 3. The van der Waals surface area contributed by atoms with Crippen LogP contribution >= 0.6 is 0 Å². The van der Waals surface area contributed by atoms with Gasteiger partial charge in [0.25, 0.3) is 0 Å². The van der Waals surface area contributed by atoms with Gasteiger partial charge >= 0.3 is 6.18 Å². The molecule has 0 aromatic carbocycles. The first kappa shape index (κ1) is 14.1. The number of nitrogens with one attached hydrogen (secondary N) is 1. The molecule has 2 rings (SSSR count). The molecule has 19 heavy (non-hydrogen) atoms. The summed E-state index contributed by atoms with van der Waals surface area (Å²) in [7, 11) is 0. The van der Waals surface area contributed by atoms with Gasteiger partial charge in [-0.05, 0) is 32.6 Å². The van der Waals surface area contributed by atoms with E-state index in [1.807, 2.05) is 0 Å². The van der Waals surface area contributed by atoms with Crippen LogP contribution in [0.5, 0.6) is 0 Å². The summed E-state index contributed by atoms with van der Waals surface area (Å²) in [5, 5.41) is 2.63. The molecule has 1 atom stereocenters. The molecule has 1 heterocycles. The van der Waals surface area contributed by atoms with Crippen LogP contribution in [-0.2, 0) is 9.59 Å². The van der Waals surface area contributed by atoms with Crippen molar-refractivity contribution in [2.75, 3.05) is 6.54 Å². The molecule has 2 fully saturated rings. The normalized spacial score (nSPS) is 27.4. The van der Waals surface area contributed by atoms with Crippen molar-refractivity contribution in [3.63, 3.8) is 0 Å². The van der Waals surface area contributed by atoms with E-state index in [9.17, 15) is 22.8 Å². The van der Waals surface area contributed by atoms with Gasteiger partial charge < -0.3 is 10.2 Å². The number of piperazine rings is 1. The number of amides is 2. The molecule has 1 aliphatic heterocycles. The van der Waals surface area contributed by atoms with Crippen LogP contribution in [0.25, 0.3) is 0 Å². The molecular weight excluding hydrogens is 261 g/mol. The van der Waals surface area contributed by atoms with Gasteiger partial charge in [0.2, 0.25) is 11.8 Å². The van der Waals surface area contributed by atoms with E-state index in [2.05, 4.69) is 5.32 Å². The molecule has 1 aliphatic carbocycles. The Morgan fingerprint density at radius 3 is 2.37 bits per heavy atom. The monoisotopic (exact) mass is 278 g/mol. The summed E-state index contributed by atoms with van der Waals surface area (Å²) in [6, 6.07) is -0.645. The van der Waals surface area contributed by atoms with Crippen LogP contribution in [0.4, 0.5) is 13.2 Å². The molecule has 0 spiro atoms. The van der Waals surface area contributed by atoms with Crippen molar-refractivity contribution < 1.29 is 22.8 Å². The second-order valence-corrected chi connectivity index (χ2v) is 5.70. The maximum Gasteiger partial charge on any atom is 0.390 e. The first-order chi connectivity index (χ1) is 8.63. The van der Waals surface area contributed by atoms with Crippen molar-refractivity contribution in [3.8, 4) is 0 Å². The van der Waals surface area contributed by atoms with Crippen molar-refractivity contribution >= 4 is 11.8 Å². The first-order valence-electron chi connectivity index (χ1n) is 6.32. The number of nitrogens with zero attached hydrogens (tertiary/aromatic N) is 1. The largest absolute Gasteiger partial charge is 0.390 e. The summed E-state index contributed by atoms with van der Waals surface area (Å²) in [5.74, 6) is -0.691. The van der Waals surface area contributed by atoms with Gasteiger partial charge in [0.1, 0.15) is 11.6 Å². The Morgan fingerprint density at radius 2 is 1.89 bits per heavy atom. The standard InChI is InChI=1S/C12H17F3N2O2/c1-11(2)10(19)16-8(7-3-4-7)9(18)17(11)6-5-12(13,14)15/h7-8H,3-6H2,1-2H3,(H,16,19). The fourth-order valence-corrected chi connectivity index (χ4v) is 2.32. The van der Waals surface area contributed by atoms with E-state index in [0.717, 1.165) is 17.7 Å². The number of hydrogen-bond acceptors (Lipinski definition) is 2. The molecule has 0 aromatic heterocycles. The molecule has 7 heteroatoms. The summed E-state index contributed by atoms with van der Waals surface area (Å²) in [4.78, 5) is 25.3. The lowest BCUT2D eigenvalue weighted by Gasteiger charge is -2.44. The minimum Gasteiger partial charge on any atom is -0.342 e. The summed E-state index contributed by atoms with van der Waals surface area (Å²) < 4.78 is 36.9. The number of alkyl halides is 3. The van der Waals surface area contributed by atoms with Crippen molar-refractivity contribution in [2.24, 2.45) is 5.92 Å². The highest BCUT2D eigenvalue weighted by Crippen LogP contribution is 2.37. The predicted octanol–water partition coefficient (Wildman–Crippen LogP) is 1.45. The summed E-state index contributed by atoms with van der Waals surface area (Å²) in [6.45, 7) is 2.48. The second-order valence-electron chi connectivity index (χ2n) is 5.70. The van der Waals surface area contributed by atoms with E-state index in [1.165, 1.54) is 13.8 Å². The minimum absolute atomic E-state index is 0.0842. The molecule has 1 saturated carbocycles. The number of halogens is 3. The smallest absolute Gasteiger partial charge is 0.342 e. The van der Waals surface area contributed by atoms with Crippen LogP contribution in [0.15, 0.2) is 0 Å². The summed E-state index contributed by atoms with van der Waals surface area (Å²) >= 11 is 0. The van der Waals surface area contributed by atoms with Gasteiger partial charge in [-0.15, -0.1) is 0 Å². The quantitative estimate of drug-likeness (QED) is 0.849. The number of carbonyl (C=O) groups is 2. The Balaban J connectivity index is 2.14. The van der Waals surface area contributed by atoms with Crippen LogP contribution in [0.1, 0.15) is 33.1 Å². The molecular formula is C12H17F3N2O2. The van der Waals surface area contributed by atoms with Crippen molar-refractivity contribution in [2.45, 2.75) is 50.9 Å². The lowest BCUT2D eigenvalue weighted by atomic mass is 9.93. The Bertz CT molecular complexity index is 402. The van der Waals surface area contributed by atoms with Crippen molar-refractivity contribution in [3.05, 3.63) is 0 Å². The van der Waals surface area contributed by atoms with E-state index in [0.29, 0.717) is 0 Å². The van der Waals surface area contributed by atoms with E-state index in [1.54, 1.807) is 0 Å². The minimum atomic E-state index is -4.33. The molecule has 1 saturated heterocycles. The third-order valence-electron chi connectivity index (χ3n) is 3.76. The SMILES string of the molecule is CC1(C)C(=O)NC(C2CC2)C(=O)N1CCC(F)(F)F. The highest BCUT2D eigenvalue weighted by Gasteiger charge is 2.51. The molecule has 0 radical (unpaired) electrons. The van der Waals surface area contributed by atoms with Gasteiger partial charge in [0.15, 0.2) is 0 Å². The lowest BCUT2D eigenvalue weighted by Crippen LogP contribution is -2.69. The van der Waals surface area contributed by atoms with Crippen LogP contribution in [0, 0.1) is 5.92 Å². The summed E-state index contributed by atoms with van der Waals surface area (Å²) in [6.07, 6.45) is -3.75. The van der Waals surface area contributed by atoms with Gasteiger partial charge in [-0.25, -0.2) is 0 Å². The zero-order valence-corrected chi connectivity index (χ0v) is 10.9. The van der Waals surface area contributed by atoms with E-state index < -0.39 is 36.6 Å². The second kappa shape index (κ2) is 4.38. The molecule has 0 bridgehead atoms. The average molecular weight is 278 g/mol. The van der Waals surface area contributed by atoms with E-state index >= 15 is 0 Å². The maximum atomic E-state index is 12.3. The molecule has 0 aromatic rings. The zero-order chi connectivity index (χ0) is 14.4. The fourth-order valence-electron chi connectivity index (χ4n) is 2.32. The van der Waals surface area contributed by atoms with Gasteiger partial charge in [-0.2, -0.15) is 13.2 Å². The van der Waals surface area contributed by atoms with Crippen LogP contribution in [0.3, 0.4) is 0 Å². The van der Waals surface area contributed by atoms with Gasteiger partial charge in [0.05, 0.1) is 6.42 Å². The molecule has 1 unspecified atom stereocenters. The Kier molecular flexibility index (Phi) is 3.26. The molecule has 2 amide bonds. The van der Waals surface area contributed by atoms with E-state index in [4.69, 9.17) is 0 Å². The Morgan fingerprint density at radius 1 is 1.32 bits per heavy atom. The molecule has 108 valence electrons. The van der Waals surface area contributed by atoms with Crippen molar-refractivity contribution in [1.82, 2.24) is 10.2 Å². The van der Waals surface area contributed by atoms with Gasteiger partial charge in [-0.1, -0.05) is 0 Å². The highest BCUT2D eigenvalue weighted by atomic mass is 19.4. The topological polar surface area (TPSA) is 49.4 Å². The lowest BCUT2D eigenvalue weighted by molar-refractivity contribution is -0.164. The number of carbonyl (C=O) groups excluding carboxylic acids is 2. The van der Waals surface area contributed by atoms with Gasteiger partial charge in [-0.3, -0.25) is 9.59 Å². The average Bonchev–Trinajstić information content (AvgIpc) is 3.05. The van der Waals surface area contributed by atoms with Gasteiger partial charge in [0, 0.05) is 6.54 Å². The van der Waals surface area contributed by atoms with E-state index in [-0.39, 0.29) is 11.8 Å². The highest BCUT2D eigenvalue weighted by molar-refractivity contribution is 5.99. The van der Waals surface area contributed by atoms with Crippen LogP contribution in [0.2, 0.25) is 0 Å². The zero-order valence-electron chi connectivity index (χ0n) is 10.9. The maximum absolute atomic E-state index is 12.3. The molecule has 1 N–H and O–H groups in total. The number of hydrogen-bond donors (Lipinski definition) is 1. The molecule has 4 nitrogen and oxygen atoms in total. The third-order valence-corrected chi connectivity index (χ3v) is 3.76. The fraction of sp³-hybridized carbons (Fsp3) is 0.833. The van der Waals surface area contributed by atoms with Crippen LogP contribution in [-0.4, -0.2) is 41.0 Å². The van der Waals surface area contributed by atoms with Crippen LogP contribution < -0.4 is 5.32 Å². The molecule has 2 aliphatic rings. The first-order valence-corrected chi connectivity index (χ1v) is 6.32. The predicted molar refractivity (Wildman–Crippen MR) is 61.1 cm³/mol. The Hall–Kier alpha value is -1.27. The summed E-state index contributed by atoms with van der Waals surface area (Å²) in [5.41, 5.74) is -1.23. The Labute approximate surface area is 109 Å². The van der Waals surface area contributed by atoms with Crippen molar-refractivity contribution in [1.29, 1.82) is 0 Å². The third kappa shape index (κ3) is 2.84.